The van der Waals surface area contributed by atoms with E-state index in [0.717, 1.165) is 56.9 Å². The van der Waals surface area contributed by atoms with Crippen LogP contribution >= 0.6 is 0 Å². The number of benzene rings is 1. The number of methoxy groups -OCH3 is 1. The van der Waals surface area contributed by atoms with Gasteiger partial charge in [-0.2, -0.15) is 4.98 Å². The summed E-state index contributed by atoms with van der Waals surface area (Å²) in [5.74, 6) is 3.40. The molecule has 2 aromatic rings. The summed E-state index contributed by atoms with van der Waals surface area (Å²) in [6.07, 6.45) is 6.12. The summed E-state index contributed by atoms with van der Waals surface area (Å²) in [4.78, 5) is 24.7. The first-order chi connectivity index (χ1) is 16.5. The quantitative estimate of drug-likeness (QED) is 0.579. The molecule has 0 bridgehead atoms. The number of likely N-dealkylation sites (N-methyl/N-ethyl adjacent to an activating group) is 1. The number of ether oxygens (including phenoxy) is 2. The number of anilines is 3. The zero-order valence-electron chi connectivity index (χ0n) is 20.4. The van der Waals surface area contributed by atoms with Crippen molar-refractivity contribution in [3.8, 4) is 11.5 Å². The number of hydrogen-bond donors (Lipinski definition) is 2. The van der Waals surface area contributed by atoms with Crippen molar-refractivity contribution in [2.75, 3.05) is 57.6 Å². The SMILES string of the molecule is COc1ccc(Nc2nccc(NCC3CCN(C(C)=O)CC3)n2)cc1OCC1CCCN1C. The molecule has 184 valence electrons. The number of carbonyl (C=O) groups is 1. The zero-order valence-corrected chi connectivity index (χ0v) is 20.4. The second-order valence-electron chi connectivity index (χ2n) is 9.17. The van der Waals surface area contributed by atoms with Gasteiger partial charge < -0.3 is 29.9 Å². The minimum Gasteiger partial charge on any atom is -0.493 e. The summed E-state index contributed by atoms with van der Waals surface area (Å²) in [5.41, 5.74) is 0.837. The van der Waals surface area contributed by atoms with Crippen molar-refractivity contribution in [3.63, 3.8) is 0 Å². The first-order valence-electron chi connectivity index (χ1n) is 12.1. The third kappa shape index (κ3) is 6.28. The van der Waals surface area contributed by atoms with Gasteiger partial charge in [-0.3, -0.25) is 4.79 Å². The molecule has 34 heavy (non-hydrogen) atoms. The lowest BCUT2D eigenvalue weighted by molar-refractivity contribution is -0.130. The summed E-state index contributed by atoms with van der Waals surface area (Å²) in [6.45, 7) is 5.89. The van der Waals surface area contributed by atoms with E-state index in [1.165, 1.54) is 6.42 Å². The number of carbonyl (C=O) groups excluding carboxylic acids is 1. The number of amides is 1. The summed E-state index contributed by atoms with van der Waals surface area (Å²) in [7, 11) is 3.79. The Kier molecular flexibility index (Phi) is 8.05. The van der Waals surface area contributed by atoms with E-state index in [4.69, 9.17) is 9.47 Å². The van der Waals surface area contributed by atoms with Crippen molar-refractivity contribution in [1.29, 1.82) is 0 Å². The van der Waals surface area contributed by atoms with E-state index >= 15 is 0 Å². The number of piperidine rings is 1. The third-order valence-corrected chi connectivity index (χ3v) is 6.81. The van der Waals surface area contributed by atoms with Gasteiger partial charge in [0.05, 0.1) is 7.11 Å². The monoisotopic (exact) mass is 468 g/mol. The average molecular weight is 469 g/mol. The fourth-order valence-corrected chi connectivity index (χ4v) is 4.59. The van der Waals surface area contributed by atoms with Gasteiger partial charge in [-0.15, -0.1) is 0 Å². The summed E-state index contributed by atoms with van der Waals surface area (Å²) in [5, 5.41) is 6.70. The number of nitrogens with zero attached hydrogens (tertiary/aromatic N) is 4. The van der Waals surface area contributed by atoms with E-state index in [1.54, 1.807) is 20.2 Å². The smallest absolute Gasteiger partial charge is 0.229 e. The highest BCUT2D eigenvalue weighted by atomic mass is 16.5. The number of nitrogens with one attached hydrogen (secondary N) is 2. The van der Waals surface area contributed by atoms with Crippen LogP contribution in [0.25, 0.3) is 0 Å². The maximum atomic E-state index is 11.5. The normalized spacial score (nSPS) is 19.1. The topological polar surface area (TPSA) is 91.9 Å². The van der Waals surface area contributed by atoms with E-state index in [-0.39, 0.29) is 5.91 Å². The van der Waals surface area contributed by atoms with Gasteiger partial charge in [-0.25, -0.2) is 4.98 Å². The molecule has 4 rings (SSSR count). The van der Waals surface area contributed by atoms with Crippen LogP contribution in [0.5, 0.6) is 11.5 Å². The van der Waals surface area contributed by atoms with Crippen LogP contribution in [0.3, 0.4) is 0 Å². The average Bonchev–Trinajstić information content (AvgIpc) is 3.26. The lowest BCUT2D eigenvalue weighted by Gasteiger charge is -2.31. The van der Waals surface area contributed by atoms with Gasteiger partial charge in [0, 0.05) is 50.6 Å². The molecule has 2 fully saturated rings. The second-order valence-corrected chi connectivity index (χ2v) is 9.17. The van der Waals surface area contributed by atoms with Crippen LogP contribution in [-0.2, 0) is 4.79 Å². The molecule has 9 nitrogen and oxygen atoms in total. The van der Waals surface area contributed by atoms with Gasteiger partial charge in [0.2, 0.25) is 11.9 Å². The highest BCUT2D eigenvalue weighted by Crippen LogP contribution is 2.32. The van der Waals surface area contributed by atoms with Gasteiger partial charge in [0.25, 0.3) is 0 Å². The Morgan fingerprint density at radius 2 is 1.97 bits per heavy atom. The predicted molar refractivity (Wildman–Crippen MR) is 133 cm³/mol. The summed E-state index contributed by atoms with van der Waals surface area (Å²) in [6, 6.07) is 8.06. The maximum absolute atomic E-state index is 11.5. The van der Waals surface area contributed by atoms with Gasteiger partial charge in [-0.05, 0) is 63.4 Å². The second kappa shape index (κ2) is 11.4. The Labute approximate surface area is 201 Å². The Morgan fingerprint density at radius 3 is 2.68 bits per heavy atom. The molecule has 9 heteroatoms. The van der Waals surface area contributed by atoms with E-state index in [0.29, 0.717) is 36.0 Å². The van der Waals surface area contributed by atoms with Crippen LogP contribution < -0.4 is 20.1 Å². The van der Waals surface area contributed by atoms with E-state index in [9.17, 15) is 4.79 Å². The third-order valence-electron chi connectivity index (χ3n) is 6.81. The van der Waals surface area contributed by atoms with Crippen LogP contribution in [0.1, 0.15) is 32.6 Å². The number of aromatic nitrogens is 2. The molecule has 0 aliphatic carbocycles. The molecule has 1 unspecified atom stereocenters. The number of likely N-dealkylation sites (tertiary alicyclic amines) is 2. The molecule has 2 aliphatic rings. The predicted octanol–water partition coefficient (Wildman–Crippen LogP) is 3.37. The Balaban J connectivity index is 1.33. The van der Waals surface area contributed by atoms with Crippen LogP contribution in [0, 0.1) is 5.92 Å². The van der Waals surface area contributed by atoms with Crippen LogP contribution in [0.15, 0.2) is 30.5 Å². The fourth-order valence-electron chi connectivity index (χ4n) is 4.59. The zero-order chi connectivity index (χ0) is 23.9. The van der Waals surface area contributed by atoms with E-state index < -0.39 is 0 Å². The first kappa shape index (κ1) is 24.1. The molecule has 1 amide bonds. The van der Waals surface area contributed by atoms with Gasteiger partial charge in [0.1, 0.15) is 12.4 Å². The van der Waals surface area contributed by atoms with E-state index in [2.05, 4.69) is 32.5 Å². The Bertz CT molecular complexity index is 963. The maximum Gasteiger partial charge on any atom is 0.229 e. The molecule has 2 aliphatic heterocycles. The molecule has 0 spiro atoms. The van der Waals surface area contributed by atoms with Gasteiger partial charge >= 0.3 is 0 Å². The first-order valence-corrected chi connectivity index (χ1v) is 12.1. The van der Waals surface area contributed by atoms with Crippen molar-refractivity contribution < 1.29 is 14.3 Å². The molecule has 0 saturated carbocycles. The molecular formula is C25H36N6O3. The van der Waals surface area contributed by atoms with Crippen molar-refractivity contribution >= 4 is 23.4 Å². The molecule has 3 heterocycles. The highest BCUT2D eigenvalue weighted by molar-refractivity contribution is 5.73. The van der Waals surface area contributed by atoms with Crippen LogP contribution in [0.4, 0.5) is 17.5 Å². The fraction of sp³-hybridized carbons (Fsp3) is 0.560. The molecule has 1 aromatic carbocycles. The molecule has 2 saturated heterocycles. The van der Waals surface area contributed by atoms with Gasteiger partial charge in [0.15, 0.2) is 11.5 Å². The van der Waals surface area contributed by atoms with Crippen molar-refractivity contribution in [2.45, 2.75) is 38.6 Å². The van der Waals surface area contributed by atoms with E-state index in [1.807, 2.05) is 29.2 Å². The molecular weight excluding hydrogens is 432 g/mol. The summed E-state index contributed by atoms with van der Waals surface area (Å²) < 4.78 is 11.6. The van der Waals surface area contributed by atoms with Gasteiger partial charge in [-0.1, -0.05) is 0 Å². The van der Waals surface area contributed by atoms with Crippen molar-refractivity contribution in [3.05, 3.63) is 30.5 Å². The highest BCUT2D eigenvalue weighted by Gasteiger charge is 2.22. The number of hydrogen-bond acceptors (Lipinski definition) is 8. The number of rotatable bonds is 9. The minimum atomic E-state index is 0.163. The van der Waals surface area contributed by atoms with Crippen LogP contribution in [0.2, 0.25) is 0 Å². The Morgan fingerprint density at radius 1 is 1.15 bits per heavy atom. The molecule has 1 aromatic heterocycles. The van der Waals surface area contributed by atoms with Crippen molar-refractivity contribution in [1.82, 2.24) is 19.8 Å². The van der Waals surface area contributed by atoms with Crippen LogP contribution in [-0.4, -0.2) is 78.7 Å². The molecule has 1 atom stereocenters. The summed E-state index contributed by atoms with van der Waals surface area (Å²) >= 11 is 0. The molecule has 0 radical (unpaired) electrons. The lowest BCUT2D eigenvalue weighted by Crippen LogP contribution is -2.38. The molecule has 2 N–H and O–H groups in total. The van der Waals surface area contributed by atoms with Crippen molar-refractivity contribution in [2.24, 2.45) is 5.92 Å². The minimum absolute atomic E-state index is 0.163. The Hall–Kier alpha value is -3.07. The largest absolute Gasteiger partial charge is 0.493 e. The lowest BCUT2D eigenvalue weighted by atomic mass is 9.97. The standard InChI is InChI=1S/C25H36N6O3/c1-18(32)31-13-9-19(10-14-31)16-27-24-8-11-26-25(29-24)28-20-6-7-22(33-3)23(15-20)34-17-21-5-4-12-30(21)2/h6-8,11,15,19,21H,4-5,9-10,12-14,16-17H2,1-3H3,(H2,26,27,28,29).